The van der Waals surface area contributed by atoms with Gasteiger partial charge < -0.3 is 14.2 Å². The van der Waals surface area contributed by atoms with Gasteiger partial charge in [0.25, 0.3) is 0 Å². The van der Waals surface area contributed by atoms with Crippen molar-refractivity contribution in [3.63, 3.8) is 0 Å². The maximum atomic E-state index is 11.4. The second-order valence-electron chi connectivity index (χ2n) is 4.29. The van der Waals surface area contributed by atoms with E-state index in [0.717, 1.165) is 12.8 Å². The zero-order valence-electron chi connectivity index (χ0n) is 11.7. The average Bonchev–Trinajstić information content (AvgIpc) is 2.35. The number of rotatable bonds is 9. The molecular formula is C13H24O5. The standard InChI is InChI=1S/C13H24O5/c1-5-7-17-12(14)8-16-9-13(15)18-11(4)10(3)6-2/h10-11H,5-9H2,1-4H3. The number of hydrogen-bond acceptors (Lipinski definition) is 5. The first-order chi connectivity index (χ1) is 8.51. The lowest BCUT2D eigenvalue weighted by molar-refractivity contribution is -0.159. The van der Waals surface area contributed by atoms with Gasteiger partial charge in [0.15, 0.2) is 0 Å². The molecule has 0 aliphatic carbocycles. The molecule has 5 heteroatoms. The highest BCUT2D eigenvalue weighted by atomic mass is 16.6. The molecule has 0 rings (SSSR count). The Bertz CT molecular complexity index is 252. The molecule has 2 atom stereocenters. The van der Waals surface area contributed by atoms with E-state index >= 15 is 0 Å². The minimum atomic E-state index is -0.459. The van der Waals surface area contributed by atoms with Crippen LogP contribution in [0.25, 0.3) is 0 Å². The number of carbonyl (C=O) groups is 2. The predicted molar refractivity (Wildman–Crippen MR) is 67.1 cm³/mol. The third-order valence-corrected chi connectivity index (χ3v) is 2.67. The molecule has 0 saturated heterocycles. The Morgan fingerprint density at radius 3 is 2.22 bits per heavy atom. The molecule has 0 radical (unpaired) electrons. The van der Waals surface area contributed by atoms with E-state index in [0.29, 0.717) is 12.5 Å². The van der Waals surface area contributed by atoms with E-state index < -0.39 is 11.9 Å². The lowest BCUT2D eigenvalue weighted by Gasteiger charge is -2.18. The van der Waals surface area contributed by atoms with Gasteiger partial charge in [0, 0.05) is 0 Å². The van der Waals surface area contributed by atoms with Gasteiger partial charge in [-0.3, -0.25) is 0 Å². The maximum Gasteiger partial charge on any atom is 0.332 e. The Labute approximate surface area is 109 Å². The number of hydrogen-bond donors (Lipinski definition) is 0. The van der Waals surface area contributed by atoms with Crippen LogP contribution in [0.2, 0.25) is 0 Å². The monoisotopic (exact) mass is 260 g/mol. The normalized spacial score (nSPS) is 13.8. The first-order valence-corrected chi connectivity index (χ1v) is 6.44. The Hall–Kier alpha value is -1.10. The maximum absolute atomic E-state index is 11.4. The third-order valence-electron chi connectivity index (χ3n) is 2.67. The highest BCUT2D eigenvalue weighted by Gasteiger charge is 2.15. The number of carbonyl (C=O) groups excluding carboxylic acids is 2. The molecule has 0 bridgehead atoms. The molecule has 0 heterocycles. The van der Waals surface area contributed by atoms with E-state index in [1.807, 2.05) is 27.7 Å². The van der Waals surface area contributed by atoms with E-state index in [4.69, 9.17) is 14.2 Å². The molecular weight excluding hydrogens is 236 g/mol. The molecule has 0 aromatic carbocycles. The van der Waals surface area contributed by atoms with Crippen LogP contribution in [-0.2, 0) is 23.8 Å². The Balaban J connectivity index is 3.68. The van der Waals surface area contributed by atoms with E-state index in [-0.39, 0.29) is 19.3 Å². The summed E-state index contributed by atoms with van der Waals surface area (Å²) in [6, 6.07) is 0. The van der Waals surface area contributed by atoms with Crippen molar-refractivity contribution in [1.29, 1.82) is 0 Å². The van der Waals surface area contributed by atoms with E-state index in [1.165, 1.54) is 0 Å². The second-order valence-corrected chi connectivity index (χ2v) is 4.29. The van der Waals surface area contributed by atoms with Crippen LogP contribution in [-0.4, -0.2) is 37.9 Å². The molecule has 0 aliphatic heterocycles. The van der Waals surface area contributed by atoms with Crippen molar-refractivity contribution in [3.8, 4) is 0 Å². The summed E-state index contributed by atoms with van der Waals surface area (Å²) in [5.41, 5.74) is 0. The Morgan fingerprint density at radius 2 is 1.67 bits per heavy atom. The van der Waals surface area contributed by atoms with Crippen molar-refractivity contribution >= 4 is 11.9 Å². The van der Waals surface area contributed by atoms with Gasteiger partial charge in [-0.05, 0) is 19.3 Å². The highest BCUT2D eigenvalue weighted by Crippen LogP contribution is 2.10. The molecule has 0 saturated carbocycles. The van der Waals surface area contributed by atoms with Gasteiger partial charge in [0.05, 0.1) is 6.61 Å². The molecule has 106 valence electrons. The summed E-state index contributed by atoms with van der Waals surface area (Å²) in [4.78, 5) is 22.4. The van der Waals surface area contributed by atoms with Crippen LogP contribution in [0.4, 0.5) is 0 Å². The van der Waals surface area contributed by atoms with Gasteiger partial charge in [-0.15, -0.1) is 0 Å². The number of ether oxygens (including phenoxy) is 3. The van der Waals surface area contributed by atoms with Crippen molar-refractivity contribution in [3.05, 3.63) is 0 Å². The molecule has 0 aliphatic rings. The van der Waals surface area contributed by atoms with E-state index in [2.05, 4.69) is 0 Å². The number of esters is 2. The summed E-state index contributed by atoms with van der Waals surface area (Å²) >= 11 is 0. The lowest BCUT2D eigenvalue weighted by Crippen LogP contribution is -2.25. The quantitative estimate of drug-likeness (QED) is 0.593. The molecule has 18 heavy (non-hydrogen) atoms. The predicted octanol–water partition coefficient (Wildman–Crippen LogP) is 1.93. The van der Waals surface area contributed by atoms with Crippen LogP contribution < -0.4 is 0 Å². The molecule has 0 amide bonds. The summed E-state index contributed by atoms with van der Waals surface area (Å²) < 4.78 is 14.9. The smallest absolute Gasteiger partial charge is 0.332 e. The van der Waals surface area contributed by atoms with Crippen LogP contribution in [0.5, 0.6) is 0 Å². The van der Waals surface area contributed by atoms with Crippen molar-refractivity contribution in [1.82, 2.24) is 0 Å². The molecule has 0 N–H and O–H groups in total. The first kappa shape index (κ1) is 16.9. The topological polar surface area (TPSA) is 61.8 Å². The summed E-state index contributed by atoms with van der Waals surface area (Å²) in [5.74, 6) is -0.603. The van der Waals surface area contributed by atoms with Gasteiger partial charge in [0.2, 0.25) is 0 Å². The first-order valence-electron chi connectivity index (χ1n) is 6.44. The molecule has 0 aromatic heterocycles. The largest absolute Gasteiger partial charge is 0.464 e. The zero-order valence-corrected chi connectivity index (χ0v) is 11.7. The van der Waals surface area contributed by atoms with Gasteiger partial charge in [-0.1, -0.05) is 27.2 Å². The highest BCUT2D eigenvalue weighted by molar-refractivity contribution is 5.73. The van der Waals surface area contributed by atoms with Gasteiger partial charge >= 0.3 is 11.9 Å². The van der Waals surface area contributed by atoms with Crippen LogP contribution in [0, 0.1) is 5.92 Å². The third kappa shape index (κ3) is 8.06. The minimum Gasteiger partial charge on any atom is -0.464 e. The van der Waals surface area contributed by atoms with Gasteiger partial charge in [-0.2, -0.15) is 0 Å². The molecule has 5 nitrogen and oxygen atoms in total. The molecule has 2 unspecified atom stereocenters. The van der Waals surface area contributed by atoms with Crippen molar-refractivity contribution in [2.75, 3.05) is 19.8 Å². The van der Waals surface area contributed by atoms with Gasteiger partial charge in [-0.25, -0.2) is 9.59 Å². The summed E-state index contributed by atoms with van der Waals surface area (Å²) in [5, 5.41) is 0. The van der Waals surface area contributed by atoms with Crippen LogP contribution >= 0.6 is 0 Å². The fourth-order valence-corrected chi connectivity index (χ4v) is 1.16. The SMILES string of the molecule is CCCOC(=O)COCC(=O)OC(C)C(C)CC. The molecule has 0 fully saturated rings. The van der Waals surface area contributed by atoms with Crippen molar-refractivity contribution in [2.45, 2.75) is 46.6 Å². The molecule has 0 aromatic rings. The average molecular weight is 260 g/mol. The van der Waals surface area contributed by atoms with Crippen molar-refractivity contribution in [2.24, 2.45) is 5.92 Å². The van der Waals surface area contributed by atoms with Crippen LogP contribution in [0.3, 0.4) is 0 Å². The summed E-state index contributed by atoms with van der Waals surface area (Å²) in [6.07, 6.45) is 1.57. The Morgan fingerprint density at radius 1 is 1.06 bits per heavy atom. The zero-order chi connectivity index (χ0) is 14.0. The fraction of sp³-hybridized carbons (Fsp3) is 0.846. The van der Waals surface area contributed by atoms with E-state index in [1.54, 1.807) is 0 Å². The van der Waals surface area contributed by atoms with Gasteiger partial charge in [0.1, 0.15) is 19.3 Å². The minimum absolute atomic E-state index is 0.141. The molecule has 0 spiro atoms. The summed E-state index contributed by atoms with van der Waals surface area (Å²) in [6.45, 7) is 7.74. The van der Waals surface area contributed by atoms with Crippen LogP contribution in [0.1, 0.15) is 40.5 Å². The van der Waals surface area contributed by atoms with Crippen LogP contribution in [0.15, 0.2) is 0 Å². The summed E-state index contributed by atoms with van der Waals surface area (Å²) in [7, 11) is 0. The Kier molecular flexibility index (Phi) is 9.28. The van der Waals surface area contributed by atoms with E-state index in [9.17, 15) is 9.59 Å². The fourth-order valence-electron chi connectivity index (χ4n) is 1.16. The lowest BCUT2D eigenvalue weighted by atomic mass is 10.0. The van der Waals surface area contributed by atoms with Crippen molar-refractivity contribution < 1.29 is 23.8 Å². The second kappa shape index (κ2) is 9.88.